The van der Waals surface area contributed by atoms with Gasteiger partial charge in [0, 0.05) is 32.7 Å². The Kier molecular flexibility index (Phi) is 10.6. The molecule has 4 atom stereocenters. The zero-order valence-electron chi connectivity index (χ0n) is 25.3. The molecule has 2 aliphatic rings. The smallest absolute Gasteiger partial charge is 0.247 e. The monoisotopic (exact) mass is 561 g/mol. The first-order valence-corrected chi connectivity index (χ1v) is 15.2. The highest BCUT2D eigenvalue weighted by Crippen LogP contribution is 2.35. The average molecular weight is 562 g/mol. The van der Waals surface area contributed by atoms with E-state index in [1.165, 1.54) is 16.7 Å². The van der Waals surface area contributed by atoms with Crippen molar-refractivity contribution in [1.29, 1.82) is 0 Å². The SMILES string of the molecule is CCN(C(=O)[C@@H]1CN(Cc2ccccc2)CCN1C(=O)[C@@H](NC(=O)[C@H](C)NC)C(C)C)C1CCCc2ccccc21. The molecule has 3 amide bonds. The molecule has 1 saturated heterocycles. The van der Waals surface area contributed by atoms with Gasteiger partial charge in [-0.2, -0.15) is 0 Å². The summed E-state index contributed by atoms with van der Waals surface area (Å²) in [7, 11) is 1.72. The Morgan fingerprint density at radius 3 is 2.39 bits per heavy atom. The predicted octanol–water partition coefficient (Wildman–Crippen LogP) is 3.37. The summed E-state index contributed by atoms with van der Waals surface area (Å²) >= 11 is 0. The van der Waals surface area contributed by atoms with Gasteiger partial charge >= 0.3 is 0 Å². The molecule has 1 aliphatic carbocycles. The van der Waals surface area contributed by atoms with E-state index in [-0.39, 0.29) is 29.7 Å². The highest BCUT2D eigenvalue weighted by atomic mass is 16.2. The maximum absolute atomic E-state index is 14.5. The van der Waals surface area contributed by atoms with Gasteiger partial charge in [-0.05, 0) is 62.8 Å². The summed E-state index contributed by atoms with van der Waals surface area (Å²) in [5.41, 5.74) is 3.70. The summed E-state index contributed by atoms with van der Waals surface area (Å²) in [6, 6.07) is 16.9. The maximum Gasteiger partial charge on any atom is 0.247 e. The second-order valence-electron chi connectivity index (χ2n) is 11.7. The summed E-state index contributed by atoms with van der Waals surface area (Å²) in [5, 5.41) is 5.91. The van der Waals surface area contributed by atoms with Crippen molar-refractivity contribution in [3.63, 3.8) is 0 Å². The van der Waals surface area contributed by atoms with E-state index in [1.807, 2.05) is 43.9 Å². The number of likely N-dealkylation sites (N-methyl/N-ethyl adjacent to an activating group) is 2. The molecular formula is C33H47N5O3. The third-order valence-electron chi connectivity index (χ3n) is 8.68. The Balaban J connectivity index is 1.63. The lowest BCUT2D eigenvalue weighted by Gasteiger charge is -2.45. The molecule has 2 aromatic rings. The number of fused-ring (bicyclic) bond motifs is 1. The lowest BCUT2D eigenvalue weighted by Crippen LogP contribution is -2.65. The van der Waals surface area contributed by atoms with E-state index in [2.05, 4.69) is 51.9 Å². The van der Waals surface area contributed by atoms with Crippen LogP contribution in [0.4, 0.5) is 0 Å². The van der Waals surface area contributed by atoms with Gasteiger partial charge in [-0.3, -0.25) is 19.3 Å². The number of nitrogens with one attached hydrogen (secondary N) is 2. The van der Waals surface area contributed by atoms with Crippen LogP contribution in [-0.2, 0) is 27.3 Å². The first-order valence-electron chi connectivity index (χ1n) is 15.2. The van der Waals surface area contributed by atoms with Gasteiger partial charge in [0.05, 0.1) is 12.1 Å². The summed E-state index contributed by atoms with van der Waals surface area (Å²) in [6.45, 7) is 10.5. The Morgan fingerprint density at radius 1 is 1.00 bits per heavy atom. The van der Waals surface area contributed by atoms with Crippen molar-refractivity contribution >= 4 is 17.7 Å². The number of carbonyl (C=O) groups is 3. The van der Waals surface area contributed by atoms with Crippen molar-refractivity contribution in [3.8, 4) is 0 Å². The minimum Gasteiger partial charge on any atom is -0.343 e. The fraction of sp³-hybridized carbons (Fsp3) is 0.545. The van der Waals surface area contributed by atoms with Crippen molar-refractivity contribution in [3.05, 3.63) is 71.3 Å². The molecule has 2 N–H and O–H groups in total. The summed E-state index contributed by atoms with van der Waals surface area (Å²) in [5.74, 6) is -0.549. The number of rotatable bonds is 10. The molecule has 0 spiro atoms. The van der Waals surface area contributed by atoms with Crippen LogP contribution in [0.2, 0.25) is 0 Å². The van der Waals surface area contributed by atoms with Gasteiger partial charge in [0.25, 0.3) is 0 Å². The van der Waals surface area contributed by atoms with Crippen LogP contribution in [0.5, 0.6) is 0 Å². The molecule has 1 fully saturated rings. The van der Waals surface area contributed by atoms with Crippen molar-refractivity contribution in [2.24, 2.45) is 5.92 Å². The Hall–Kier alpha value is -3.23. The number of amides is 3. The van der Waals surface area contributed by atoms with E-state index in [4.69, 9.17) is 0 Å². The van der Waals surface area contributed by atoms with Gasteiger partial charge in [-0.1, -0.05) is 68.4 Å². The van der Waals surface area contributed by atoms with Gasteiger partial charge in [-0.15, -0.1) is 0 Å². The topological polar surface area (TPSA) is 85.0 Å². The molecule has 2 aromatic carbocycles. The van der Waals surface area contributed by atoms with Crippen molar-refractivity contribution < 1.29 is 14.4 Å². The van der Waals surface area contributed by atoms with Crippen LogP contribution in [0.15, 0.2) is 54.6 Å². The van der Waals surface area contributed by atoms with E-state index in [0.717, 1.165) is 25.8 Å². The van der Waals surface area contributed by atoms with Crippen LogP contribution >= 0.6 is 0 Å². The van der Waals surface area contributed by atoms with Crippen molar-refractivity contribution in [1.82, 2.24) is 25.3 Å². The predicted molar refractivity (Wildman–Crippen MR) is 162 cm³/mol. The molecule has 0 bridgehead atoms. The van der Waals surface area contributed by atoms with Crippen LogP contribution in [0.25, 0.3) is 0 Å². The maximum atomic E-state index is 14.5. The fourth-order valence-corrected chi connectivity index (χ4v) is 6.17. The standard InChI is InChI=1S/C33H47N5O3/c1-6-37(28-18-12-16-26-15-10-11-17-27(26)28)32(40)29-22-36(21-25-13-8-7-9-14-25)19-20-38(29)33(41)30(23(2)3)35-31(39)24(4)34-5/h7-11,13-15,17,23-24,28-30,34H,6,12,16,18-22H2,1-5H3,(H,35,39)/t24-,28?,29-,30-/m0/s1. The van der Waals surface area contributed by atoms with Crippen LogP contribution in [0, 0.1) is 5.92 Å². The molecule has 0 aromatic heterocycles. The number of carbonyl (C=O) groups excluding carboxylic acids is 3. The molecule has 1 heterocycles. The first kappa shape index (κ1) is 30.7. The number of hydrogen-bond donors (Lipinski definition) is 2. The van der Waals surface area contributed by atoms with E-state index in [9.17, 15) is 14.4 Å². The second-order valence-corrected chi connectivity index (χ2v) is 11.7. The minimum absolute atomic E-state index is 0.00372. The molecule has 1 aliphatic heterocycles. The van der Waals surface area contributed by atoms with Crippen molar-refractivity contribution in [2.45, 2.75) is 77.7 Å². The van der Waals surface area contributed by atoms with Gasteiger partial charge in [0.1, 0.15) is 12.1 Å². The summed E-state index contributed by atoms with van der Waals surface area (Å²) in [4.78, 5) is 47.5. The third kappa shape index (κ3) is 7.16. The molecule has 0 saturated carbocycles. The Bertz CT molecular complexity index is 1190. The highest BCUT2D eigenvalue weighted by Gasteiger charge is 2.42. The molecule has 8 heteroatoms. The molecule has 8 nitrogen and oxygen atoms in total. The third-order valence-corrected chi connectivity index (χ3v) is 8.68. The molecule has 1 unspecified atom stereocenters. The van der Waals surface area contributed by atoms with Gasteiger partial charge in [0.15, 0.2) is 0 Å². The zero-order chi connectivity index (χ0) is 29.5. The van der Waals surface area contributed by atoms with Crippen LogP contribution in [0.3, 0.4) is 0 Å². The van der Waals surface area contributed by atoms with E-state index in [0.29, 0.717) is 26.2 Å². The zero-order valence-corrected chi connectivity index (χ0v) is 25.3. The second kappa shape index (κ2) is 14.1. The van der Waals surface area contributed by atoms with Crippen LogP contribution in [0.1, 0.15) is 63.3 Å². The van der Waals surface area contributed by atoms with E-state index in [1.54, 1.807) is 18.9 Å². The lowest BCUT2D eigenvalue weighted by atomic mass is 9.86. The minimum atomic E-state index is -0.709. The van der Waals surface area contributed by atoms with Crippen LogP contribution < -0.4 is 10.6 Å². The van der Waals surface area contributed by atoms with Crippen LogP contribution in [-0.4, -0.2) is 83.8 Å². The molecule has 4 rings (SSSR count). The first-order chi connectivity index (χ1) is 19.7. The molecule has 0 radical (unpaired) electrons. The van der Waals surface area contributed by atoms with Crippen molar-refractivity contribution in [2.75, 3.05) is 33.2 Å². The summed E-state index contributed by atoms with van der Waals surface area (Å²) in [6.07, 6.45) is 2.97. The highest BCUT2D eigenvalue weighted by molar-refractivity contribution is 5.93. The van der Waals surface area contributed by atoms with Gasteiger partial charge < -0.3 is 20.4 Å². The molecular weight excluding hydrogens is 514 g/mol. The fourth-order valence-electron chi connectivity index (χ4n) is 6.17. The normalized spacial score (nSPS) is 20.7. The average Bonchev–Trinajstić information content (AvgIpc) is 2.99. The largest absolute Gasteiger partial charge is 0.343 e. The van der Waals surface area contributed by atoms with Gasteiger partial charge in [0.2, 0.25) is 17.7 Å². The Morgan fingerprint density at radius 2 is 1.71 bits per heavy atom. The number of hydrogen-bond acceptors (Lipinski definition) is 5. The number of aryl methyl sites for hydroxylation is 1. The van der Waals surface area contributed by atoms with E-state index < -0.39 is 18.1 Å². The van der Waals surface area contributed by atoms with Gasteiger partial charge in [-0.25, -0.2) is 0 Å². The number of nitrogens with zero attached hydrogens (tertiary/aromatic N) is 3. The molecule has 41 heavy (non-hydrogen) atoms. The van der Waals surface area contributed by atoms with E-state index >= 15 is 0 Å². The lowest BCUT2D eigenvalue weighted by molar-refractivity contribution is -0.153. The Labute approximate surface area is 245 Å². The number of piperazine rings is 1. The quantitative estimate of drug-likeness (QED) is 0.465. The molecule has 222 valence electrons. The summed E-state index contributed by atoms with van der Waals surface area (Å²) < 4.78 is 0. The number of benzene rings is 2.